The summed E-state index contributed by atoms with van der Waals surface area (Å²) in [5.74, 6) is 0. The Morgan fingerprint density at radius 3 is 2.44 bits per heavy atom. The van der Waals surface area contributed by atoms with Crippen molar-refractivity contribution in [3.8, 4) is 0 Å². The molecule has 0 amide bonds. The van der Waals surface area contributed by atoms with Crippen LogP contribution in [0.2, 0.25) is 0 Å². The van der Waals surface area contributed by atoms with E-state index in [2.05, 4.69) is 0 Å². The van der Waals surface area contributed by atoms with Crippen molar-refractivity contribution in [3.05, 3.63) is 0 Å². The first-order valence-electron chi connectivity index (χ1n) is 2.98. The number of carbonyl (C=O) groups is 1. The summed E-state index contributed by atoms with van der Waals surface area (Å²) in [7, 11) is 0. The molecule has 0 saturated carbocycles. The van der Waals surface area contributed by atoms with Gasteiger partial charge in [0.25, 0.3) is 0 Å². The Kier molecular flexibility index (Phi) is 1.95. The van der Waals surface area contributed by atoms with E-state index in [1.165, 1.54) is 6.21 Å². The summed E-state index contributed by atoms with van der Waals surface area (Å²) in [6.45, 7) is 0. The van der Waals surface area contributed by atoms with E-state index in [-0.39, 0.29) is 12.2 Å². The zero-order chi connectivity index (χ0) is 6.69. The first-order valence-corrected chi connectivity index (χ1v) is 2.98. The monoisotopic (exact) mass is 127 g/mol. The average Bonchev–Trinajstić information content (AvgIpc) is 2.34. The topological polar surface area (TPSA) is 50.2 Å². The minimum absolute atomic E-state index is 0.111. The molecule has 0 aromatic carbocycles. The van der Waals surface area contributed by atoms with Crippen molar-refractivity contribution < 1.29 is 9.53 Å². The lowest BCUT2D eigenvalue weighted by atomic mass is 10.2. The second-order valence-corrected chi connectivity index (χ2v) is 2.09. The molecule has 1 saturated heterocycles. The molecule has 3 nitrogen and oxygen atoms in total. The maximum absolute atomic E-state index is 10.1. The van der Waals surface area contributed by atoms with Crippen LogP contribution in [-0.4, -0.2) is 24.7 Å². The number of aldehydes is 1. The molecule has 1 aliphatic rings. The summed E-state index contributed by atoms with van der Waals surface area (Å²) >= 11 is 0. The Morgan fingerprint density at radius 2 is 2.11 bits per heavy atom. The molecule has 0 unspecified atom stereocenters. The summed E-state index contributed by atoms with van der Waals surface area (Å²) in [4.78, 5) is 10.1. The summed E-state index contributed by atoms with van der Waals surface area (Å²) in [5.41, 5.74) is 0. The third-order valence-electron chi connectivity index (χ3n) is 1.42. The second kappa shape index (κ2) is 2.73. The van der Waals surface area contributed by atoms with E-state index < -0.39 is 0 Å². The zero-order valence-corrected chi connectivity index (χ0v) is 5.04. The summed E-state index contributed by atoms with van der Waals surface area (Å²) < 4.78 is 5.05. The highest BCUT2D eigenvalue weighted by atomic mass is 16.5. The van der Waals surface area contributed by atoms with Crippen molar-refractivity contribution >= 4 is 12.5 Å². The van der Waals surface area contributed by atoms with Crippen LogP contribution in [-0.2, 0) is 9.53 Å². The second-order valence-electron chi connectivity index (χ2n) is 2.09. The van der Waals surface area contributed by atoms with Crippen molar-refractivity contribution in [3.63, 3.8) is 0 Å². The molecular weight excluding hydrogens is 118 g/mol. The highest BCUT2D eigenvalue weighted by molar-refractivity contribution is 5.63. The molecule has 1 N–H and O–H groups in total. The van der Waals surface area contributed by atoms with Crippen molar-refractivity contribution in [1.82, 2.24) is 0 Å². The fraction of sp³-hybridized carbons (Fsp3) is 0.667. The maximum Gasteiger partial charge on any atom is 0.148 e. The molecule has 3 heteroatoms. The summed E-state index contributed by atoms with van der Waals surface area (Å²) in [5, 5.41) is 6.80. The fourth-order valence-corrected chi connectivity index (χ4v) is 0.912. The SMILES string of the molecule is N=C[C@H]1CC[C@@H](C=O)O1. The summed E-state index contributed by atoms with van der Waals surface area (Å²) in [6, 6.07) is 0. The van der Waals surface area contributed by atoms with E-state index in [4.69, 9.17) is 10.1 Å². The molecule has 2 atom stereocenters. The smallest absolute Gasteiger partial charge is 0.148 e. The Balaban J connectivity index is 2.36. The largest absolute Gasteiger partial charge is 0.362 e. The maximum atomic E-state index is 10.1. The van der Waals surface area contributed by atoms with Gasteiger partial charge in [-0.1, -0.05) is 0 Å². The van der Waals surface area contributed by atoms with Crippen molar-refractivity contribution in [2.24, 2.45) is 0 Å². The van der Waals surface area contributed by atoms with E-state index in [0.717, 1.165) is 19.1 Å². The molecule has 1 aliphatic heterocycles. The Bertz CT molecular complexity index is 110. The molecule has 0 spiro atoms. The summed E-state index contributed by atoms with van der Waals surface area (Å²) in [6.07, 6.45) is 3.25. The zero-order valence-electron chi connectivity index (χ0n) is 5.04. The minimum Gasteiger partial charge on any atom is -0.362 e. The van der Waals surface area contributed by atoms with Crippen LogP contribution in [0, 0.1) is 5.41 Å². The first-order chi connectivity index (χ1) is 4.36. The van der Waals surface area contributed by atoms with Crippen LogP contribution in [0.4, 0.5) is 0 Å². The van der Waals surface area contributed by atoms with Crippen molar-refractivity contribution in [1.29, 1.82) is 5.41 Å². The van der Waals surface area contributed by atoms with Gasteiger partial charge in [-0.3, -0.25) is 0 Å². The van der Waals surface area contributed by atoms with Crippen LogP contribution >= 0.6 is 0 Å². The fourth-order valence-electron chi connectivity index (χ4n) is 0.912. The standard InChI is InChI=1S/C6H9NO2/c7-3-5-1-2-6(4-8)9-5/h3-7H,1-2H2/t5-,6+/m1/s1. The quantitative estimate of drug-likeness (QED) is 0.430. The van der Waals surface area contributed by atoms with E-state index >= 15 is 0 Å². The van der Waals surface area contributed by atoms with Crippen LogP contribution in [0.25, 0.3) is 0 Å². The lowest BCUT2D eigenvalue weighted by molar-refractivity contribution is -0.116. The molecule has 0 bridgehead atoms. The van der Waals surface area contributed by atoms with Gasteiger partial charge >= 0.3 is 0 Å². The predicted octanol–water partition coefficient (Wildman–Crippen LogP) is 0.382. The van der Waals surface area contributed by atoms with Crippen LogP contribution in [0.5, 0.6) is 0 Å². The highest BCUT2D eigenvalue weighted by Gasteiger charge is 2.22. The van der Waals surface area contributed by atoms with Crippen molar-refractivity contribution in [2.45, 2.75) is 25.0 Å². The molecule has 0 aromatic rings. The van der Waals surface area contributed by atoms with E-state index in [9.17, 15) is 4.79 Å². The molecule has 50 valence electrons. The van der Waals surface area contributed by atoms with Crippen LogP contribution < -0.4 is 0 Å². The Hall–Kier alpha value is -0.700. The van der Waals surface area contributed by atoms with Crippen LogP contribution in [0.1, 0.15) is 12.8 Å². The minimum atomic E-state index is -0.253. The van der Waals surface area contributed by atoms with Crippen molar-refractivity contribution in [2.75, 3.05) is 0 Å². The van der Waals surface area contributed by atoms with Crippen LogP contribution in [0.15, 0.2) is 0 Å². The number of carbonyl (C=O) groups excluding carboxylic acids is 1. The molecule has 0 aliphatic carbocycles. The number of hydrogen-bond donors (Lipinski definition) is 1. The van der Waals surface area contributed by atoms with E-state index in [1.54, 1.807) is 0 Å². The first kappa shape index (κ1) is 6.42. The van der Waals surface area contributed by atoms with Gasteiger partial charge in [0.1, 0.15) is 12.4 Å². The van der Waals surface area contributed by atoms with Gasteiger partial charge in [0.15, 0.2) is 0 Å². The highest BCUT2D eigenvalue weighted by Crippen LogP contribution is 2.15. The van der Waals surface area contributed by atoms with Gasteiger partial charge in [0.2, 0.25) is 0 Å². The number of rotatable bonds is 2. The normalized spacial score (nSPS) is 34.2. The van der Waals surface area contributed by atoms with Gasteiger partial charge in [-0.05, 0) is 12.8 Å². The van der Waals surface area contributed by atoms with Gasteiger partial charge in [-0.2, -0.15) is 0 Å². The van der Waals surface area contributed by atoms with E-state index in [1.807, 2.05) is 0 Å². The molecule has 0 aromatic heterocycles. The molecule has 1 rings (SSSR count). The predicted molar refractivity (Wildman–Crippen MR) is 32.7 cm³/mol. The number of ether oxygens (including phenoxy) is 1. The molecule has 1 fully saturated rings. The molecule has 0 radical (unpaired) electrons. The third-order valence-corrected chi connectivity index (χ3v) is 1.42. The van der Waals surface area contributed by atoms with Gasteiger partial charge in [-0.25, -0.2) is 0 Å². The number of hydrogen-bond acceptors (Lipinski definition) is 3. The molecule has 1 heterocycles. The molecule has 9 heavy (non-hydrogen) atoms. The third kappa shape index (κ3) is 1.36. The number of nitrogens with one attached hydrogen (secondary N) is 1. The van der Waals surface area contributed by atoms with E-state index in [0.29, 0.717) is 0 Å². The lowest BCUT2D eigenvalue weighted by Crippen LogP contribution is -2.11. The van der Waals surface area contributed by atoms with Gasteiger partial charge in [0.05, 0.1) is 6.10 Å². The van der Waals surface area contributed by atoms with Gasteiger partial charge in [0, 0.05) is 6.21 Å². The Morgan fingerprint density at radius 1 is 1.44 bits per heavy atom. The van der Waals surface area contributed by atoms with Gasteiger partial charge < -0.3 is 14.9 Å². The Labute approximate surface area is 53.5 Å². The van der Waals surface area contributed by atoms with Crippen LogP contribution in [0.3, 0.4) is 0 Å². The lowest BCUT2D eigenvalue weighted by Gasteiger charge is -2.01. The molecular formula is C6H9NO2. The average molecular weight is 127 g/mol. The van der Waals surface area contributed by atoms with Gasteiger partial charge in [-0.15, -0.1) is 0 Å².